The molecule has 1 fully saturated rings. The molecule has 1 aromatic heterocycles. The van der Waals surface area contributed by atoms with Gasteiger partial charge in [-0.3, -0.25) is 9.59 Å². The Morgan fingerprint density at radius 2 is 1.69 bits per heavy atom. The minimum Gasteiger partial charge on any atom is -0.376 e. The lowest BCUT2D eigenvalue weighted by Crippen LogP contribution is -2.32. The molecule has 1 saturated heterocycles. The summed E-state index contributed by atoms with van der Waals surface area (Å²) in [7, 11) is 3.40. The Hall–Kier alpha value is -3.20. The molecule has 2 heterocycles. The van der Waals surface area contributed by atoms with Gasteiger partial charge in [-0.05, 0) is 38.5 Å². The van der Waals surface area contributed by atoms with E-state index in [-0.39, 0.29) is 23.8 Å². The van der Waals surface area contributed by atoms with Crippen LogP contribution in [0.1, 0.15) is 41.0 Å². The molecule has 8 nitrogen and oxygen atoms in total. The molecule has 0 spiro atoms. The van der Waals surface area contributed by atoms with Gasteiger partial charge in [0.25, 0.3) is 11.8 Å². The average molecular weight is 482 g/mol. The second-order valence-electron chi connectivity index (χ2n) is 9.16. The number of fused-ring (bicyclic) bond motifs is 1. The Bertz CT molecular complexity index is 1120. The van der Waals surface area contributed by atoms with Crippen LogP contribution in [0.15, 0.2) is 60.8 Å². The predicted molar refractivity (Wildman–Crippen MR) is 135 cm³/mol. The highest BCUT2D eigenvalue weighted by molar-refractivity contribution is 6.07. The van der Waals surface area contributed by atoms with Gasteiger partial charge in [-0.2, -0.15) is 0 Å². The van der Waals surface area contributed by atoms with Crippen molar-refractivity contribution in [2.75, 3.05) is 26.8 Å². The molecular weight excluding hydrogens is 446 g/mol. The molecule has 1 aliphatic heterocycles. The third kappa shape index (κ3) is 7.65. The van der Waals surface area contributed by atoms with Gasteiger partial charge in [0.2, 0.25) is 0 Å². The number of carbonyl (C=O) groups is 2. The number of benzene rings is 2. The Morgan fingerprint density at radius 1 is 1.06 bits per heavy atom. The Labute approximate surface area is 206 Å². The van der Waals surface area contributed by atoms with Crippen LogP contribution in [-0.2, 0) is 16.5 Å². The molecule has 0 bridgehead atoms. The molecule has 0 saturated carbocycles. The van der Waals surface area contributed by atoms with Gasteiger partial charge in [-0.15, -0.1) is 0 Å². The van der Waals surface area contributed by atoms with Crippen molar-refractivity contribution in [3.63, 3.8) is 0 Å². The smallest absolute Gasteiger partial charge is 0.253 e. The molecule has 1 aliphatic rings. The van der Waals surface area contributed by atoms with E-state index in [2.05, 4.69) is 15.4 Å². The van der Waals surface area contributed by atoms with E-state index in [1.807, 2.05) is 60.3 Å². The number of hydrogen-bond donors (Lipinski definition) is 3. The van der Waals surface area contributed by atoms with E-state index < -0.39 is 5.79 Å². The first-order valence-corrected chi connectivity index (χ1v) is 11.7. The zero-order chi connectivity index (χ0) is 25.4. The molecule has 0 aliphatic carbocycles. The molecular formula is C27H35N3O5. The monoisotopic (exact) mass is 481 g/mol. The van der Waals surface area contributed by atoms with Gasteiger partial charge < -0.3 is 29.8 Å². The lowest BCUT2D eigenvalue weighted by molar-refractivity contribution is -0.155. The molecule has 3 N–H and O–H groups in total. The number of nitrogens with one attached hydrogen (secondary N) is 2. The maximum atomic E-state index is 12.6. The van der Waals surface area contributed by atoms with Crippen molar-refractivity contribution in [2.24, 2.45) is 13.0 Å². The fraction of sp³-hybridized carbons (Fsp3) is 0.407. The molecule has 188 valence electrons. The van der Waals surface area contributed by atoms with Crippen LogP contribution < -0.4 is 10.6 Å². The highest BCUT2D eigenvalue weighted by atomic mass is 16.6. The van der Waals surface area contributed by atoms with Gasteiger partial charge in [0.05, 0.1) is 18.3 Å². The van der Waals surface area contributed by atoms with Crippen LogP contribution in [0.3, 0.4) is 0 Å². The fourth-order valence-corrected chi connectivity index (χ4v) is 3.82. The molecule has 2 amide bonds. The van der Waals surface area contributed by atoms with Crippen molar-refractivity contribution in [2.45, 2.75) is 32.2 Å². The van der Waals surface area contributed by atoms with Crippen LogP contribution in [0.25, 0.3) is 10.9 Å². The summed E-state index contributed by atoms with van der Waals surface area (Å²) in [5, 5.41) is 15.5. The van der Waals surface area contributed by atoms with E-state index in [1.165, 1.54) is 7.11 Å². The van der Waals surface area contributed by atoms with Crippen LogP contribution in [0.4, 0.5) is 0 Å². The summed E-state index contributed by atoms with van der Waals surface area (Å²) in [6.45, 7) is 4.77. The molecule has 0 radical (unpaired) electrons. The average Bonchev–Trinajstić information content (AvgIpc) is 3.46. The number of aryl methyl sites for hydroxylation is 1. The Kier molecular flexibility index (Phi) is 9.03. The number of hydrogen-bond acceptors (Lipinski definition) is 5. The van der Waals surface area contributed by atoms with Gasteiger partial charge in [0.1, 0.15) is 0 Å². The maximum absolute atomic E-state index is 12.6. The number of ether oxygens (including phenoxy) is 2. The third-order valence-electron chi connectivity index (χ3n) is 5.88. The van der Waals surface area contributed by atoms with E-state index in [0.29, 0.717) is 30.8 Å². The van der Waals surface area contributed by atoms with E-state index in [9.17, 15) is 9.59 Å². The zero-order valence-electron chi connectivity index (χ0n) is 20.8. The highest BCUT2D eigenvalue weighted by Gasteiger charge is 2.26. The van der Waals surface area contributed by atoms with Crippen LogP contribution in [0.5, 0.6) is 0 Å². The van der Waals surface area contributed by atoms with Gasteiger partial charge in [-0.1, -0.05) is 36.4 Å². The third-order valence-corrected chi connectivity index (χ3v) is 5.88. The Balaban J connectivity index is 0.000000509. The summed E-state index contributed by atoms with van der Waals surface area (Å²) >= 11 is 0. The van der Waals surface area contributed by atoms with Crippen molar-refractivity contribution in [1.82, 2.24) is 15.2 Å². The number of carbonyl (C=O) groups excluding carboxylic acids is 2. The lowest BCUT2D eigenvalue weighted by Gasteiger charge is -2.12. The number of rotatable bonds is 7. The van der Waals surface area contributed by atoms with Crippen LogP contribution in [-0.4, -0.2) is 60.2 Å². The van der Waals surface area contributed by atoms with E-state index in [1.54, 1.807) is 26.0 Å². The maximum Gasteiger partial charge on any atom is 0.253 e. The summed E-state index contributed by atoms with van der Waals surface area (Å²) in [5.74, 6) is -0.869. The molecule has 2 atom stereocenters. The fourth-order valence-electron chi connectivity index (χ4n) is 3.82. The number of amides is 2. The summed E-state index contributed by atoms with van der Waals surface area (Å²) in [6, 6.07) is 17.0. The van der Waals surface area contributed by atoms with Gasteiger partial charge >= 0.3 is 0 Å². The molecule has 3 aromatic rings. The molecule has 4 rings (SSSR count). The number of nitrogens with zero attached hydrogens (tertiary/aromatic N) is 1. The molecule has 35 heavy (non-hydrogen) atoms. The Morgan fingerprint density at radius 3 is 2.37 bits per heavy atom. The second-order valence-corrected chi connectivity index (χ2v) is 9.16. The van der Waals surface area contributed by atoms with Crippen molar-refractivity contribution in [3.05, 3.63) is 71.9 Å². The van der Waals surface area contributed by atoms with Crippen LogP contribution in [0, 0.1) is 5.92 Å². The highest BCUT2D eigenvalue weighted by Crippen LogP contribution is 2.21. The van der Waals surface area contributed by atoms with Crippen molar-refractivity contribution in [3.8, 4) is 0 Å². The number of aromatic nitrogens is 1. The quantitative estimate of drug-likeness (QED) is 0.450. The van der Waals surface area contributed by atoms with Gasteiger partial charge in [-0.25, -0.2) is 0 Å². The normalized spacial score (nSPS) is 17.5. The van der Waals surface area contributed by atoms with Crippen molar-refractivity contribution < 1.29 is 24.2 Å². The first-order valence-electron chi connectivity index (χ1n) is 11.7. The van der Waals surface area contributed by atoms with Gasteiger partial charge in [0.15, 0.2) is 5.79 Å². The topological polar surface area (TPSA) is 102 Å². The zero-order valence-corrected chi connectivity index (χ0v) is 20.8. The van der Waals surface area contributed by atoms with E-state index in [0.717, 1.165) is 17.3 Å². The summed E-state index contributed by atoms with van der Waals surface area (Å²) in [5.41, 5.74) is 2.36. The minimum absolute atomic E-state index is 0.0347. The first-order chi connectivity index (χ1) is 16.7. The summed E-state index contributed by atoms with van der Waals surface area (Å²) < 4.78 is 12.3. The van der Waals surface area contributed by atoms with Crippen LogP contribution in [0.2, 0.25) is 0 Å². The number of aliphatic hydroxyl groups is 1. The number of para-hydroxylation sites is 1. The predicted octanol–water partition coefficient (Wildman–Crippen LogP) is 3.10. The first kappa shape index (κ1) is 26.4. The van der Waals surface area contributed by atoms with E-state index >= 15 is 0 Å². The van der Waals surface area contributed by atoms with Crippen molar-refractivity contribution in [1.29, 1.82) is 0 Å². The van der Waals surface area contributed by atoms with Crippen LogP contribution >= 0.6 is 0 Å². The largest absolute Gasteiger partial charge is 0.376 e. The minimum atomic E-state index is -0.958. The number of methoxy groups -OCH3 is 1. The molecule has 2 aromatic carbocycles. The van der Waals surface area contributed by atoms with Gasteiger partial charge in [0, 0.05) is 55.8 Å². The van der Waals surface area contributed by atoms with Crippen molar-refractivity contribution >= 4 is 22.7 Å². The molecule has 8 heteroatoms. The second kappa shape index (κ2) is 12.0. The standard InChI is InChI=1S/C23H25N3O3.C4H10O2/c1-26-14-20(19-9-5-6-10-21(19)26)23(28)25-13-18-11-16(15-29-18)12-24-22(27)17-7-3-2-4-8-17;1-4(2,5)6-3/h2-10,14,16,18H,11-13,15H2,1H3,(H,24,27)(H,25,28);5H,1-3H3. The summed E-state index contributed by atoms with van der Waals surface area (Å²) in [4.78, 5) is 24.8. The van der Waals surface area contributed by atoms with E-state index in [4.69, 9.17) is 9.84 Å². The summed E-state index contributed by atoms with van der Waals surface area (Å²) in [6.07, 6.45) is 2.63. The SMILES string of the molecule is COC(C)(C)O.Cn1cc(C(=O)NCC2CC(CNC(=O)c3ccccc3)CO2)c2ccccc21. The molecule has 2 unspecified atom stereocenters. The lowest BCUT2D eigenvalue weighted by atomic mass is 10.1.